The molecule has 0 radical (unpaired) electrons. The van der Waals surface area contributed by atoms with Crippen LogP contribution in [0.5, 0.6) is 11.6 Å². The molecule has 1 unspecified atom stereocenters. The van der Waals surface area contributed by atoms with Crippen molar-refractivity contribution in [3.63, 3.8) is 0 Å². The third kappa shape index (κ3) is 3.41. The number of benzene rings is 1. The van der Waals surface area contributed by atoms with Gasteiger partial charge in [0.2, 0.25) is 5.88 Å². The summed E-state index contributed by atoms with van der Waals surface area (Å²) in [7, 11) is 0. The van der Waals surface area contributed by atoms with Gasteiger partial charge in [0.25, 0.3) is 0 Å². The Morgan fingerprint density at radius 2 is 2.00 bits per heavy atom. The van der Waals surface area contributed by atoms with E-state index in [0.717, 1.165) is 17.7 Å². The molecule has 0 amide bonds. The number of aromatic nitrogens is 1. The third-order valence-electron chi connectivity index (χ3n) is 3.09. The number of rotatable bonds is 6. The molecule has 2 aromatic rings. The number of pyridine rings is 1. The average Bonchev–Trinajstić information content (AvgIpc) is 2.48. The summed E-state index contributed by atoms with van der Waals surface area (Å²) in [5, 5.41) is 13.3. The highest BCUT2D eigenvalue weighted by Crippen LogP contribution is 2.29. The molecule has 0 aliphatic heterocycles. The Balaban J connectivity index is 2.12. The van der Waals surface area contributed by atoms with Gasteiger partial charge in [0.15, 0.2) is 0 Å². The van der Waals surface area contributed by atoms with E-state index in [9.17, 15) is 5.11 Å². The highest BCUT2D eigenvalue weighted by Gasteiger charge is 2.12. The smallest absolute Gasteiger partial charge is 0.213 e. The number of anilines is 1. The second-order valence-electron chi connectivity index (χ2n) is 4.48. The largest absolute Gasteiger partial charge is 0.508 e. The molecule has 0 saturated carbocycles. The summed E-state index contributed by atoms with van der Waals surface area (Å²) in [5.74, 6) is 0.930. The Labute approximate surface area is 119 Å². The molecule has 20 heavy (non-hydrogen) atoms. The lowest BCUT2D eigenvalue weighted by atomic mass is 10.0. The van der Waals surface area contributed by atoms with Crippen molar-refractivity contribution in [1.82, 2.24) is 4.98 Å². The summed E-state index contributed by atoms with van der Waals surface area (Å²) in [6, 6.07) is 11.2. The van der Waals surface area contributed by atoms with Crippen LogP contribution < -0.4 is 10.1 Å². The normalized spacial score (nSPS) is 11.9. The molecule has 0 bridgehead atoms. The number of nitrogens with one attached hydrogen (secondary N) is 1. The molecule has 106 valence electrons. The number of para-hydroxylation sites is 1. The minimum atomic E-state index is 0.0518. The fourth-order valence-electron chi connectivity index (χ4n) is 2.08. The molecular weight excluding hydrogens is 252 g/mol. The number of nitrogens with zero attached hydrogens (tertiary/aromatic N) is 1. The first-order valence-electron chi connectivity index (χ1n) is 6.87. The first-order valence-corrected chi connectivity index (χ1v) is 6.87. The maximum atomic E-state index is 9.93. The molecule has 0 aliphatic carbocycles. The Hall–Kier alpha value is -2.23. The summed E-state index contributed by atoms with van der Waals surface area (Å²) in [4.78, 5) is 4.22. The molecule has 1 aromatic carbocycles. The highest BCUT2D eigenvalue weighted by molar-refractivity contribution is 5.47. The molecule has 0 fully saturated rings. The minimum absolute atomic E-state index is 0.0518. The summed E-state index contributed by atoms with van der Waals surface area (Å²) in [6.07, 6.45) is 2.61. The number of hydrogen-bond acceptors (Lipinski definition) is 4. The van der Waals surface area contributed by atoms with Crippen molar-refractivity contribution >= 4 is 5.69 Å². The highest BCUT2D eigenvalue weighted by atomic mass is 16.5. The van der Waals surface area contributed by atoms with Crippen molar-refractivity contribution in [2.75, 3.05) is 11.9 Å². The van der Waals surface area contributed by atoms with Crippen molar-refractivity contribution in [2.45, 2.75) is 26.3 Å². The van der Waals surface area contributed by atoms with Crippen LogP contribution in [-0.4, -0.2) is 16.7 Å². The summed E-state index contributed by atoms with van der Waals surface area (Å²) in [5.41, 5.74) is 1.80. The minimum Gasteiger partial charge on any atom is -0.508 e. The van der Waals surface area contributed by atoms with Crippen LogP contribution >= 0.6 is 0 Å². The van der Waals surface area contributed by atoms with Crippen LogP contribution in [0.3, 0.4) is 0 Å². The predicted octanol–water partition coefficient (Wildman–Crippen LogP) is 3.75. The summed E-state index contributed by atoms with van der Waals surface area (Å²) >= 11 is 0. The number of aromatic hydroxyl groups is 1. The van der Waals surface area contributed by atoms with Crippen molar-refractivity contribution in [3.05, 3.63) is 48.2 Å². The van der Waals surface area contributed by atoms with Gasteiger partial charge < -0.3 is 15.2 Å². The summed E-state index contributed by atoms with van der Waals surface area (Å²) in [6.45, 7) is 4.61. The molecule has 1 atom stereocenters. The van der Waals surface area contributed by atoms with Gasteiger partial charge >= 0.3 is 0 Å². The molecule has 0 saturated heterocycles. The van der Waals surface area contributed by atoms with E-state index < -0.39 is 0 Å². The van der Waals surface area contributed by atoms with E-state index >= 15 is 0 Å². The van der Waals surface area contributed by atoms with E-state index in [-0.39, 0.29) is 6.04 Å². The Morgan fingerprint density at radius 1 is 1.20 bits per heavy atom. The molecule has 0 aliphatic rings. The standard InChI is InChI=1S/C16H20N2O2/c1-3-14(13-7-5-6-8-15(13)19)18-12-9-10-16(17-11-12)20-4-2/h5-11,14,18-19H,3-4H2,1-2H3. The Kier molecular flexibility index (Phi) is 4.82. The molecule has 4 nitrogen and oxygen atoms in total. The van der Waals surface area contributed by atoms with E-state index in [1.54, 1.807) is 12.3 Å². The van der Waals surface area contributed by atoms with Crippen molar-refractivity contribution in [1.29, 1.82) is 0 Å². The van der Waals surface area contributed by atoms with Crippen LogP contribution in [0, 0.1) is 0 Å². The zero-order valence-corrected chi connectivity index (χ0v) is 11.8. The second kappa shape index (κ2) is 6.80. The molecule has 0 spiro atoms. The molecule has 2 N–H and O–H groups in total. The quantitative estimate of drug-likeness (QED) is 0.841. The van der Waals surface area contributed by atoms with Gasteiger partial charge in [-0.05, 0) is 25.5 Å². The van der Waals surface area contributed by atoms with Crippen molar-refractivity contribution in [2.24, 2.45) is 0 Å². The second-order valence-corrected chi connectivity index (χ2v) is 4.48. The molecule has 1 heterocycles. The average molecular weight is 272 g/mol. The zero-order valence-electron chi connectivity index (χ0n) is 11.8. The predicted molar refractivity (Wildman–Crippen MR) is 80.2 cm³/mol. The number of ether oxygens (including phenoxy) is 1. The zero-order chi connectivity index (χ0) is 14.4. The fourth-order valence-corrected chi connectivity index (χ4v) is 2.08. The van der Waals surface area contributed by atoms with E-state index in [1.807, 2.05) is 37.3 Å². The van der Waals surface area contributed by atoms with Gasteiger partial charge in [-0.2, -0.15) is 0 Å². The number of phenols is 1. The lowest BCUT2D eigenvalue weighted by Crippen LogP contribution is -2.10. The van der Waals surface area contributed by atoms with Crippen molar-refractivity contribution in [3.8, 4) is 11.6 Å². The lowest BCUT2D eigenvalue weighted by Gasteiger charge is -2.19. The topological polar surface area (TPSA) is 54.4 Å². The fraction of sp³-hybridized carbons (Fsp3) is 0.312. The molecule has 4 heteroatoms. The van der Waals surface area contributed by atoms with Gasteiger partial charge in [0.05, 0.1) is 24.5 Å². The monoisotopic (exact) mass is 272 g/mol. The van der Waals surface area contributed by atoms with Gasteiger partial charge in [0.1, 0.15) is 5.75 Å². The molecular formula is C16H20N2O2. The Morgan fingerprint density at radius 3 is 2.60 bits per heavy atom. The first-order chi connectivity index (χ1) is 9.74. The van der Waals surface area contributed by atoms with Crippen LogP contribution in [-0.2, 0) is 0 Å². The van der Waals surface area contributed by atoms with Crippen LogP contribution in [0.25, 0.3) is 0 Å². The van der Waals surface area contributed by atoms with E-state index in [4.69, 9.17) is 4.74 Å². The van der Waals surface area contributed by atoms with Crippen molar-refractivity contribution < 1.29 is 9.84 Å². The van der Waals surface area contributed by atoms with Gasteiger partial charge in [-0.1, -0.05) is 25.1 Å². The van der Waals surface area contributed by atoms with E-state index in [0.29, 0.717) is 18.2 Å². The maximum Gasteiger partial charge on any atom is 0.213 e. The van der Waals surface area contributed by atoms with Crippen LogP contribution in [0.1, 0.15) is 31.9 Å². The lowest BCUT2D eigenvalue weighted by molar-refractivity contribution is 0.327. The van der Waals surface area contributed by atoms with Gasteiger partial charge in [-0.3, -0.25) is 0 Å². The van der Waals surface area contributed by atoms with Gasteiger partial charge in [-0.25, -0.2) is 4.98 Å². The summed E-state index contributed by atoms with van der Waals surface area (Å²) < 4.78 is 5.32. The maximum absolute atomic E-state index is 9.93. The number of hydrogen-bond donors (Lipinski definition) is 2. The first kappa shape index (κ1) is 14.2. The van der Waals surface area contributed by atoms with Gasteiger partial charge in [-0.15, -0.1) is 0 Å². The van der Waals surface area contributed by atoms with Crippen LogP contribution in [0.15, 0.2) is 42.6 Å². The third-order valence-corrected chi connectivity index (χ3v) is 3.09. The van der Waals surface area contributed by atoms with E-state index in [2.05, 4.69) is 17.2 Å². The van der Waals surface area contributed by atoms with Crippen LogP contribution in [0.4, 0.5) is 5.69 Å². The Bertz CT molecular complexity index is 540. The number of phenolic OH excluding ortho intramolecular Hbond substituents is 1. The van der Waals surface area contributed by atoms with E-state index in [1.165, 1.54) is 0 Å². The van der Waals surface area contributed by atoms with Crippen LogP contribution in [0.2, 0.25) is 0 Å². The molecule has 1 aromatic heterocycles. The van der Waals surface area contributed by atoms with Gasteiger partial charge in [0, 0.05) is 11.6 Å². The molecule has 2 rings (SSSR count). The SMILES string of the molecule is CCOc1ccc(NC(CC)c2ccccc2O)cn1.